The number of nitrogens with zero attached hydrogens (tertiary/aromatic N) is 3. The van der Waals surface area contributed by atoms with Gasteiger partial charge >= 0.3 is 0 Å². The Hall–Kier alpha value is -1.23. The average Bonchev–Trinajstić information content (AvgIpc) is 2.57. The van der Waals surface area contributed by atoms with Crippen LogP contribution in [0.4, 0.5) is 0 Å². The van der Waals surface area contributed by atoms with Crippen LogP contribution in [0.1, 0.15) is 25.5 Å². The van der Waals surface area contributed by atoms with Crippen molar-refractivity contribution in [2.24, 2.45) is 0 Å². The van der Waals surface area contributed by atoms with Crippen molar-refractivity contribution in [2.45, 2.75) is 33.2 Å². The minimum absolute atomic E-state index is 0.213. The molecule has 1 aromatic rings. The molecule has 0 radical (unpaired) electrons. The minimum Gasteiger partial charge on any atom is -0.380 e. The molecule has 84 valence electrons. The van der Waals surface area contributed by atoms with Crippen LogP contribution < -0.4 is 0 Å². The molecular weight excluding hydrogens is 194 g/mol. The Morgan fingerprint density at radius 1 is 1.53 bits per heavy atom. The molecule has 0 amide bonds. The third-order valence-corrected chi connectivity index (χ3v) is 1.94. The summed E-state index contributed by atoms with van der Waals surface area (Å²) in [5.74, 6) is 0.213. The summed E-state index contributed by atoms with van der Waals surface area (Å²) in [6, 6.07) is 0. The second-order valence-corrected chi connectivity index (χ2v) is 3.54. The van der Waals surface area contributed by atoms with Gasteiger partial charge in [-0.25, -0.2) is 4.68 Å². The SMILES string of the molecule is CC(=O)CCCOCCn1cc(C)nn1. The lowest BCUT2D eigenvalue weighted by Gasteiger charge is -2.02. The van der Waals surface area contributed by atoms with Gasteiger partial charge in [-0.3, -0.25) is 0 Å². The molecule has 5 heteroatoms. The predicted octanol–water partition coefficient (Wildman–Crippen LogP) is 0.972. The molecule has 1 aromatic heterocycles. The van der Waals surface area contributed by atoms with Crippen molar-refractivity contribution in [3.05, 3.63) is 11.9 Å². The van der Waals surface area contributed by atoms with Gasteiger partial charge in [0.15, 0.2) is 0 Å². The van der Waals surface area contributed by atoms with E-state index in [-0.39, 0.29) is 5.78 Å². The van der Waals surface area contributed by atoms with Crippen LogP contribution in [-0.2, 0) is 16.1 Å². The van der Waals surface area contributed by atoms with Gasteiger partial charge in [0.2, 0.25) is 0 Å². The highest BCUT2D eigenvalue weighted by Gasteiger charge is 1.96. The van der Waals surface area contributed by atoms with Crippen molar-refractivity contribution in [2.75, 3.05) is 13.2 Å². The maximum Gasteiger partial charge on any atom is 0.129 e. The molecule has 0 fully saturated rings. The Labute approximate surface area is 89.4 Å². The second-order valence-electron chi connectivity index (χ2n) is 3.54. The van der Waals surface area contributed by atoms with Crippen LogP contribution in [0.2, 0.25) is 0 Å². The predicted molar refractivity (Wildman–Crippen MR) is 55.5 cm³/mol. The number of Topliss-reactive ketones (excluding diaryl/α,β-unsaturated/α-hetero) is 1. The largest absolute Gasteiger partial charge is 0.380 e. The smallest absolute Gasteiger partial charge is 0.129 e. The van der Waals surface area contributed by atoms with Crippen LogP contribution in [-0.4, -0.2) is 34.0 Å². The molecule has 0 bridgehead atoms. The molecule has 0 aliphatic rings. The maximum absolute atomic E-state index is 10.6. The highest BCUT2D eigenvalue weighted by atomic mass is 16.5. The summed E-state index contributed by atoms with van der Waals surface area (Å²) in [6.07, 6.45) is 3.27. The van der Waals surface area contributed by atoms with Gasteiger partial charge in [0.05, 0.1) is 18.8 Å². The molecule has 0 unspecified atom stereocenters. The Kier molecular flexibility index (Phi) is 4.97. The molecule has 5 nitrogen and oxygen atoms in total. The van der Waals surface area contributed by atoms with E-state index in [1.165, 1.54) is 0 Å². The number of hydrogen-bond donors (Lipinski definition) is 0. The first-order chi connectivity index (χ1) is 7.18. The summed E-state index contributed by atoms with van der Waals surface area (Å²) in [5.41, 5.74) is 0.909. The van der Waals surface area contributed by atoms with Crippen molar-refractivity contribution in [1.82, 2.24) is 15.0 Å². The van der Waals surface area contributed by atoms with Crippen LogP contribution in [0.3, 0.4) is 0 Å². The molecule has 1 rings (SSSR count). The quantitative estimate of drug-likeness (QED) is 0.631. The zero-order valence-corrected chi connectivity index (χ0v) is 9.27. The summed E-state index contributed by atoms with van der Waals surface area (Å²) < 4.78 is 7.11. The minimum atomic E-state index is 0.213. The molecule has 0 atom stereocenters. The van der Waals surface area contributed by atoms with Gasteiger partial charge < -0.3 is 9.53 Å². The number of carbonyl (C=O) groups is 1. The lowest BCUT2D eigenvalue weighted by Crippen LogP contribution is -2.08. The van der Waals surface area contributed by atoms with Gasteiger partial charge in [0.1, 0.15) is 5.78 Å². The highest BCUT2D eigenvalue weighted by molar-refractivity contribution is 5.75. The third-order valence-electron chi connectivity index (χ3n) is 1.94. The normalized spacial score (nSPS) is 10.5. The summed E-state index contributed by atoms with van der Waals surface area (Å²) in [7, 11) is 0. The lowest BCUT2D eigenvalue weighted by molar-refractivity contribution is -0.117. The van der Waals surface area contributed by atoms with Crippen LogP contribution >= 0.6 is 0 Å². The first kappa shape index (κ1) is 11.8. The second kappa shape index (κ2) is 6.29. The molecule has 0 spiro atoms. The lowest BCUT2D eigenvalue weighted by atomic mass is 10.2. The first-order valence-electron chi connectivity index (χ1n) is 5.12. The summed E-state index contributed by atoms with van der Waals surface area (Å²) in [4.78, 5) is 10.6. The van der Waals surface area contributed by atoms with E-state index in [1.54, 1.807) is 11.6 Å². The number of ether oxygens (including phenoxy) is 1. The van der Waals surface area contributed by atoms with E-state index >= 15 is 0 Å². The molecule has 0 aromatic carbocycles. The van der Waals surface area contributed by atoms with Gasteiger partial charge in [-0.2, -0.15) is 0 Å². The first-order valence-corrected chi connectivity index (χ1v) is 5.12. The van der Waals surface area contributed by atoms with E-state index in [2.05, 4.69) is 10.3 Å². The number of rotatable bonds is 7. The Morgan fingerprint density at radius 2 is 2.33 bits per heavy atom. The molecule has 15 heavy (non-hydrogen) atoms. The van der Waals surface area contributed by atoms with Crippen LogP contribution in [0.5, 0.6) is 0 Å². The molecule has 0 N–H and O–H groups in total. The third kappa shape index (κ3) is 5.27. The fraction of sp³-hybridized carbons (Fsp3) is 0.700. The molecule has 0 saturated carbocycles. The van der Waals surface area contributed by atoms with E-state index in [9.17, 15) is 4.79 Å². The van der Waals surface area contributed by atoms with Gasteiger partial charge in [-0.1, -0.05) is 5.21 Å². The van der Waals surface area contributed by atoms with Crippen LogP contribution in [0.15, 0.2) is 6.20 Å². The van der Waals surface area contributed by atoms with Crippen molar-refractivity contribution >= 4 is 5.78 Å². The van der Waals surface area contributed by atoms with Gasteiger partial charge in [0, 0.05) is 19.2 Å². The molecule has 0 aliphatic carbocycles. The zero-order chi connectivity index (χ0) is 11.1. The number of carbonyl (C=O) groups excluding carboxylic acids is 1. The number of aryl methyl sites for hydroxylation is 1. The monoisotopic (exact) mass is 211 g/mol. The van der Waals surface area contributed by atoms with Crippen molar-refractivity contribution in [1.29, 1.82) is 0 Å². The summed E-state index contributed by atoms with van der Waals surface area (Å²) in [6.45, 7) is 5.45. The van der Waals surface area contributed by atoms with Crippen LogP contribution in [0.25, 0.3) is 0 Å². The van der Waals surface area contributed by atoms with Gasteiger partial charge in [0.25, 0.3) is 0 Å². The Morgan fingerprint density at radius 3 is 2.93 bits per heavy atom. The summed E-state index contributed by atoms with van der Waals surface area (Å²) >= 11 is 0. The number of hydrogen-bond acceptors (Lipinski definition) is 4. The maximum atomic E-state index is 10.6. The van der Waals surface area contributed by atoms with E-state index in [1.807, 2.05) is 13.1 Å². The van der Waals surface area contributed by atoms with E-state index in [4.69, 9.17) is 4.74 Å². The standard InChI is InChI=1S/C10H17N3O2/c1-9-8-13(12-11-9)5-7-15-6-3-4-10(2)14/h8H,3-7H2,1-2H3. The molecule has 1 heterocycles. The van der Waals surface area contributed by atoms with E-state index in [0.717, 1.165) is 12.1 Å². The summed E-state index contributed by atoms with van der Waals surface area (Å²) in [5, 5.41) is 7.76. The Balaban J connectivity index is 2.00. The van der Waals surface area contributed by atoms with E-state index < -0.39 is 0 Å². The number of aromatic nitrogens is 3. The van der Waals surface area contributed by atoms with Gasteiger partial charge in [-0.15, -0.1) is 5.10 Å². The molecule has 0 aliphatic heterocycles. The highest BCUT2D eigenvalue weighted by Crippen LogP contribution is 1.93. The van der Waals surface area contributed by atoms with Crippen molar-refractivity contribution in [3.8, 4) is 0 Å². The Bertz CT molecular complexity index is 309. The topological polar surface area (TPSA) is 57.0 Å². The fourth-order valence-corrected chi connectivity index (χ4v) is 1.19. The number of ketones is 1. The van der Waals surface area contributed by atoms with Gasteiger partial charge in [-0.05, 0) is 20.3 Å². The average molecular weight is 211 g/mol. The van der Waals surface area contributed by atoms with E-state index in [0.29, 0.717) is 26.2 Å². The van der Waals surface area contributed by atoms with Crippen LogP contribution in [0, 0.1) is 6.92 Å². The fourth-order valence-electron chi connectivity index (χ4n) is 1.19. The molecular formula is C10H17N3O2. The van der Waals surface area contributed by atoms with Crippen molar-refractivity contribution < 1.29 is 9.53 Å². The van der Waals surface area contributed by atoms with Crippen molar-refractivity contribution in [3.63, 3.8) is 0 Å². The molecule has 0 saturated heterocycles. The zero-order valence-electron chi connectivity index (χ0n) is 9.27.